The summed E-state index contributed by atoms with van der Waals surface area (Å²) in [6.07, 6.45) is 0. The van der Waals surface area contributed by atoms with E-state index in [9.17, 15) is 28.0 Å². The van der Waals surface area contributed by atoms with Gasteiger partial charge in [-0.2, -0.15) is 0 Å². The number of halogens is 2. The van der Waals surface area contributed by atoms with Gasteiger partial charge in [0.1, 0.15) is 22.8 Å². The van der Waals surface area contributed by atoms with E-state index in [1.165, 1.54) is 33.4 Å². The van der Waals surface area contributed by atoms with Crippen molar-refractivity contribution in [3.05, 3.63) is 92.0 Å². The minimum atomic E-state index is -1.35. The second-order valence-corrected chi connectivity index (χ2v) is 9.02. The molecule has 0 saturated carbocycles. The second-order valence-electron chi connectivity index (χ2n) is 9.02. The van der Waals surface area contributed by atoms with Crippen molar-refractivity contribution in [3.63, 3.8) is 0 Å². The number of carboxylic acids is 1. The molecule has 2 aromatic heterocycles. The molecule has 0 fully saturated rings. The third-order valence-electron chi connectivity index (χ3n) is 5.81. The zero-order valence-corrected chi connectivity index (χ0v) is 21.6. The van der Waals surface area contributed by atoms with Crippen LogP contribution >= 0.6 is 0 Å². The largest absolute Gasteiger partial charge is 0.477 e. The molecule has 0 amide bonds. The predicted molar refractivity (Wildman–Crippen MR) is 140 cm³/mol. The zero-order valence-electron chi connectivity index (χ0n) is 21.6. The molecular weight excluding hydrogens is 498 g/mol. The summed E-state index contributed by atoms with van der Waals surface area (Å²) in [7, 11) is 0. The van der Waals surface area contributed by atoms with Gasteiger partial charge >= 0.3 is 11.9 Å². The van der Waals surface area contributed by atoms with E-state index < -0.39 is 40.3 Å². The Morgan fingerprint density at radius 2 is 1.24 bits per heavy atom. The van der Waals surface area contributed by atoms with Crippen LogP contribution in [0.3, 0.4) is 0 Å². The minimum Gasteiger partial charge on any atom is -0.477 e. The van der Waals surface area contributed by atoms with Crippen molar-refractivity contribution in [2.75, 3.05) is 6.61 Å². The molecule has 38 heavy (non-hydrogen) atoms. The summed E-state index contributed by atoms with van der Waals surface area (Å²) in [6, 6.07) is 10.8. The Kier molecular flexibility index (Phi) is 8.45. The number of rotatable bonds is 5. The number of nitrogens with zero attached hydrogens (tertiary/aromatic N) is 2. The van der Waals surface area contributed by atoms with Gasteiger partial charge in [0.2, 0.25) is 0 Å². The molecule has 2 aromatic carbocycles. The Bertz CT molecular complexity index is 1650. The molecule has 4 rings (SSSR count). The molecule has 0 aliphatic carbocycles. The molecule has 0 spiro atoms. The Morgan fingerprint density at radius 3 is 1.63 bits per heavy atom. The first kappa shape index (κ1) is 28.2. The van der Waals surface area contributed by atoms with Crippen molar-refractivity contribution in [1.82, 2.24) is 9.13 Å². The van der Waals surface area contributed by atoms with Gasteiger partial charge in [0.15, 0.2) is 0 Å². The molecule has 0 radical (unpaired) electrons. The SMILES string of the molecule is CC(C)n1c(=O)c(C(=O)O)cc2c(F)cccc21.CCOC(=O)c1cc2c(F)cccc2n(C(C)C)c1=O. The van der Waals surface area contributed by atoms with Gasteiger partial charge in [-0.05, 0) is 71.0 Å². The van der Waals surface area contributed by atoms with Gasteiger partial charge < -0.3 is 19.0 Å². The standard InChI is InChI=1S/C15H16FNO3.C13H12FNO3/c1-4-20-15(19)11-8-10-12(16)6-5-7-13(10)17(9(2)3)14(11)18;1-7(2)15-11-5-3-4-10(14)8(11)6-9(12(15)16)13(17)18/h5-9H,4H2,1-3H3;3-7H,1-2H3,(H,17,18). The average molecular weight is 527 g/mol. The zero-order chi connectivity index (χ0) is 28.3. The molecule has 8 nitrogen and oxygen atoms in total. The number of benzene rings is 2. The Labute approximate surface area is 216 Å². The number of pyridine rings is 2. The van der Waals surface area contributed by atoms with Gasteiger partial charge in [-0.25, -0.2) is 18.4 Å². The highest BCUT2D eigenvalue weighted by atomic mass is 19.1. The monoisotopic (exact) mass is 526 g/mol. The third-order valence-corrected chi connectivity index (χ3v) is 5.81. The van der Waals surface area contributed by atoms with Gasteiger partial charge in [-0.3, -0.25) is 9.59 Å². The highest BCUT2D eigenvalue weighted by molar-refractivity contribution is 5.94. The molecule has 0 atom stereocenters. The van der Waals surface area contributed by atoms with E-state index in [4.69, 9.17) is 9.84 Å². The maximum atomic E-state index is 13.9. The van der Waals surface area contributed by atoms with Crippen molar-refractivity contribution >= 4 is 33.7 Å². The third kappa shape index (κ3) is 5.34. The molecule has 10 heteroatoms. The van der Waals surface area contributed by atoms with Gasteiger partial charge in [-0.1, -0.05) is 12.1 Å². The summed E-state index contributed by atoms with van der Waals surface area (Å²) >= 11 is 0. The molecule has 200 valence electrons. The summed E-state index contributed by atoms with van der Waals surface area (Å²) in [5.74, 6) is -3.08. The van der Waals surface area contributed by atoms with Crippen LogP contribution in [0.15, 0.2) is 58.1 Å². The molecular formula is C28H28F2N2O6. The normalized spacial score (nSPS) is 11.1. The number of hydrogen-bond acceptors (Lipinski definition) is 5. The van der Waals surface area contributed by atoms with E-state index in [-0.39, 0.29) is 35.0 Å². The lowest BCUT2D eigenvalue weighted by Crippen LogP contribution is -2.29. The molecule has 0 saturated heterocycles. The van der Waals surface area contributed by atoms with E-state index in [1.54, 1.807) is 52.8 Å². The van der Waals surface area contributed by atoms with Gasteiger partial charge in [-0.15, -0.1) is 0 Å². The number of carbonyl (C=O) groups excluding carboxylic acids is 1. The van der Waals surface area contributed by atoms with Crippen molar-refractivity contribution in [3.8, 4) is 0 Å². The van der Waals surface area contributed by atoms with Crippen LogP contribution in [0.5, 0.6) is 0 Å². The lowest BCUT2D eigenvalue weighted by Gasteiger charge is -2.15. The summed E-state index contributed by atoms with van der Waals surface area (Å²) in [6.45, 7) is 8.92. The van der Waals surface area contributed by atoms with Gasteiger partial charge in [0.05, 0.1) is 17.6 Å². The molecule has 0 bridgehead atoms. The smallest absolute Gasteiger partial charge is 0.343 e. The molecule has 0 unspecified atom stereocenters. The highest BCUT2D eigenvalue weighted by Crippen LogP contribution is 2.21. The molecule has 0 aliphatic rings. The lowest BCUT2D eigenvalue weighted by atomic mass is 10.1. The Balaban J connectivity index is 0.000000212. The molecule has 4 aromatic rings. The van der Waals surface area contributed by atoms with Crippen LogP contribution in [0.2, 0.25) is 0 Å². The summed E-state index contributed by atoms with van der Waals surface area (Å²) < 4.78 is 35.2. The van der Waals surface area contributed by atoms with Crippen LogP contribution in [0, 0.1) is 11.6 Å². The predicted octanol–water partition coefficient (Wildman–Crippen LogP) is 5.32. The van der Waals surface area contributed by atoms with Crippen molar-refractivity contribution in [2.24, 2.45) is 0 Å². The second kappa shape index (κ2) is 11.4. The molecule has 1 N–H and O–H groups in total. The van der Waals surface area contributed by atoms with E-state index >= 15 is 0 Å². The van der Waals surface area contributed by atoms with Crippen molar-refractivity contribution in [1.29, 1.82) is 0 Å². The van der Waals surface area contributed by atoms with E-state index in [1.807, 2.05) is 0 Å². The number of esters is 1. The maximum absolute atomic E-state index is 13.9. The number of ether oxygens (including phenoxy) is 1. The van der Waals surface area contributed by atoms with E-state index in [0.717, 1.165) is 6.07 Å². The van der Waals surface area contributed by atoms with E-state index in [0.29, 0.717) is 11.0 Å². The number of aromatic carboxylic acids is 1. The summed E-state index contributed by atoms with van der Waals surface area (Å²) in [5.41, 5.74) is -0.760. The first-order valence-corrected chi connectivity index (χ1v) is 12.0. The Hall–Kier alpha value is -4.34. The number of carboxylic acid groups (broad SMARTS) is 1. The first-order valence-electron chi connectivity index (χ1n) is 12.0. The minimum absolute atomic E-state index is 0.141. The Morgan fingerprint density at radius 1 is 0.816 bits per heavy atom. The van der Waals surface area contributed by atoms with Crippen LogP contribution in [-0.2, 0) is 4.74 Å². The number of hydrogen-bond donors (Lipinski definition) is 1. The fourth-order valence-corrected chi connectivity index (χ4v) is 4.18. The number of aromatic nitrogens is 2. The topological polar surface area (TPSA) is 108 Å². The van der Waals surface area contributed by atoms with Crippen molar-refractivity contribution in [2.45, 2.75) is 46.7 Å². The lowest BCUT2D eigenvalue weighted by molar-refractivity contribution is 0.0523. The van der Waals surface area contributed by atoms with Gasteiger partial charge in [0, 0.05) is 22.9 Å². The average Bonchev–Trinajstić information content (AvgIpc) is 2.83. The maximum Gasteiger partial charge on any atom is 0.343 e. The molecule has 2 heterocycles. The van der Waals surface area contributed by atoms with Gasteiger partial charge in [0.25, 0.3) is 11.1 Å². The molecule has 0 aliphatic heterocycles. The quantitative estimate of drug-likeness (QED) is 0.353. The first-order chi connectivity index (χ1) is 17.9. The van der Waals surface area contributed by atoms with Crippen LogP contribution in [0.25, 0.3) is 21.8 Å². The van der Waals surface area contributed by atoms with Crippen molar-refractivity contribution < 1.29 is 28.2 Å². The number of carbonyl (C=O) groups is 2. The van der Waals surface area contributed by atoms with Crippen LogP contribution < -0.4 is 11.1 Å². The summed E-state index contributed by atoms with van der Waals surface area (Å²) in [5, 5.41) is 9.37. The van der Waals surface area contributed by atoms with Crippen LogP contribution in [-0.4, -0.2) is 32.8 Å². The summed E-state index contributed by atoms with van der Waals surface area (Å²) in [4.78, 5) is 47.3. The highest BCUT2D eigenvalue weighted by Gasteiger charge is 2.20. The number of fused-ring (bicyclic) bond motifs is 2. The fraction of sp³-hybridized carbons (Fsp3) is 0.286. The fourth-order valence-electron chi connectivity index (χ4n) is 4.18. The van der Waals surface area contributed by atoms with E-state index in [2.05, 4.69) is 0 Å². The van der Waals surface area contributed by atoms with Crippen LogP contribution in [0.4, 0.5) is 8.78 Å². The van der Waals surface area contributed by atoms with Crippen LogP contribution in [0.1, 0.15) is 67.4 Å².